The third-order valence-electron chi connectivity index (χ3n) is 1.86. The average Bonchev–Trinajstić information content (AvgIpc) is 2.53. The van der Waals surface area contributed by atoms with Gasteiger partial charge in [0.05, 0.1) is 5.75 Å². The molecule has 0 saturated carbocycles. The molecule has 1 aliphatic heterocycles. The molecule has 0 spiro atoms. The molecule has 2 rings (SSSR count). The molecule has 1 fully saturated rings. The van der Waals surface area contributed by atoms with E-state index in [1.807, 2.05) is 0 Å². The van der Waals surface area contributed by atoms with Crippen LogP contribution in [0.2, 0.25) is 0 Å². The second kappa shape index (κ2) is 3.38. The van der Waals surface area contributed by atoms with Gasteiger partial charge in [0.1, 0.15) is 11.2 Å². The van der Waals surface area contributed by atoms with E-state index >= 15 is 0 Å². The van der Waals surface area contributed by atoms with Crippen molar-refractivity contribution in [1.29, 1.82) is 0 Å². The molecule has 1 aromatic rings. The number of amides is 1. The average molecular weight is 197 g/mol. The lowest BCUT2D eigenvalue weighted by Gasteiger charge is -2.09. The summed E-state index contributed by atoms with van der Waals surface area (Å²) in [5.41, 5.74) is 0.554. The molecule has 0 unspecified atom stereocenters. The Morgan fingerprint density at radius 1 is 1.46 bits per heavy atom. The molecule has 1 atom stereocenters. The number of rotatable bonds is 1. The van der Waals surface area contributed by atoms with Gasteiger partial charge in [0, 0.05) is 5.56 Å². The largest absolute Gasteiger partial charge is 0.339 e. The van der Waals surface area contributed by atoms with Crippen molar-refractivity contribution in [3.05, 3.63) is 35.6 Å². The van der Waals surface area contributed by atoms with E-state index in [0.717, 1.165) is 0 Å². The minimum atomic E-state index is -0.262. The highest BCUT2D eigenvalue weighted by atomic mass is 32.2. The van der Waals surface area contributed by atoms with Crippen molar-refractivity contribution in [2.75, 3.05) is 5.75 Å². The fourth-order valence-corrected chi connectivity index (χ4v) is 2.23. The van der Waals surface area contributed by atoms with Gasteiger partial charge in [-0.3, -0.25) is 4.79 Å². The van der Waals surface area contributed by atoms with Crippen LogP contribution in [0.1, 0.15) is 10.9 Å². The first-order chi connectivity index (χ1) is 6.27. The molecule has 4 heteroatoms. The normalized spacial score (nSPS) is 21.6. The van der Waals surface area contributed by atoms with Crippen molar-refractivity contribution in [2.45, 2.75) is 5.37 Å². The predicted octanol–water partition coefficient (Wildman–Crippen LogP) is 1.69. The Bertz CT molecular complexity index is 342. The summed E-state index contributed by atoms with van der Waals surface area (Å²) in [6.07, 6.45) is 0. The van der Waals surface area contributed by atoms with Gasteiger partial charge in [-0.2, -0.15) is 0 Å². The maximum absolute atomic E-state index is 13.2. The molecule has 1 aromatic carbocycles. The summed E-state index contributed by atoms with van der Waals surface area (Å²) < 4.78 is 13.2. The number of carbonyl (C=O) groups is 1. The van der Waals surface area contributed by atoms with Crippen LogP contribution in [0.15, 0.2) is 24.3 Å². The van der Waals surface area contributed by atoms with Gasteiger partial charge in [-0.25, -0.2) is 4.39 Å². The first-order valence-corrected chi connectivity index (χ1v) is 4.97. The molecular weight excluding hydrogens is 189 g/mol. The summed E-state index contributed by atoms with van der Waals surface area (Å²) in [5.74, 6) is 0.124. The fourth-order valence-electron chi connectivity index (χ4n) is 1.24. The van der Waals surface area contributed by atoms with Crippen molar-refractivity contribution in [3.63, 3.8) is 0 Å². The van der Waals surface area contributed by atoms with Crippen LogP contribution in [0.5, 0.6) is 0 Å². The Hall–Kier alpha value is -1.03. The van der Waals surface area contributed by atoms with Crippen LogP contribution in [-0.4, -0.2) is 11.7 Å². The first-order valence-electron chi connectivity index (χ1n) is 3.93. The van der Waals surface area contributed by atoms with Crippen LogP contribution in [-0.2, 0) is 4.79 Å². The molecule has 0 bridgehead atoms. The van der Waals surface area contributed by atoms with E-state index in [9.17, 15) is 9.18 Å². The number of hydrogen-bond acceptors (Lipinski definition) is 2. The van der Waals surface area contributed by atoms with Crippen LogP contribution in [0.3, 0.4) is 0 Å². The SMILES string of the molecule is O=C1CS[C@@H](c2ccccc2F)N1. The predicted molar refractivity (Wildman–Crippen MR) is 49.7 cm³/mol. The standard InChI is InChI=1S/C9H8FNOS/c10-7-4-2-1-3-6(7)9-11-8(12)5-13-9/h1-4,9H,5H2,(H,11,12)/t9-/m0/s1. The third-order valence-corrected chi connectivity index (χ3v) is 2.99. The highest BCUT2D eigenvalue weighted by Gasteiger charge is 2.24. The maximum Gasteiger partial charge on any atom is 0.231 e. The molecule has 1 N–H and O–H groups in total. The molecule has 2 nitrogen and oxygen atoms in total. The van der Waals surface area contributed by atoms with E-state index < -0.39 is 0 Å². The van der Waals surface area contributed by atoms with Crippen molar-refractivity contribution >= 4 is 17.7 Å². The lowest BCUT2D eigenvalue weighted by molar-refractivity contribution is -0.118. The second-order valence-corrected chi connectivity index (χ2v) is 3.87. The smallest absolute Gasteiger partial charge is 0.231 e. The van der Waals surface area contributed by atoms with Gasteiger partial charge >= 0.3 is 0 Å². The molecule has 0 aliphatic carbocycles. The van der Waals surface area contributed by atoms with Crippen molar-refractivity contribution in [3.8, 4) is 0 Å². The molecule has 1 amide bonds. The number of benzene rings is 1. The number of carbonyl (C=O) groups excluding carboxylic acids is 1. The monoisotopic (exact) mass is 197 g/mol. The minimum absolute atomic E-state index is 0.0294. The fraction of sp³-hybridized carbons (Fsp3) is 0.222. The van der Waals surface area contributed by atoms with Gasteiger partial charge in [-0.05, 0) is 6.07 Å². The highest BCUT2D eigenvalue weighted by molar-refractivity contribution is 8.00. The number of halogens is 1. The van der Waals surface area contributed by atoms with Gasteiger partial charge in [-0.1, -0.05) is 18.2 Å². The Balaban J connectivity index is 2.26. The molecule has 1 heterocycles. The van der Waals surface area contributed by atoms with Gasteiger partial charge in [0.15, 0.2) is 0 Å². The Labute approximate surface area is 79.5 Å². The first kappa shape index (κ1) is 8.56. The Kier molecular flexibility index (Phi) is 2.22. The van der Waals surface area contributed by atoms with E-state index in [4.69, 9.17) is 0 Å². The summed E-state index contributed by atoms with van der Waals surface area (Å²) >= 11 is 1.42. The molecule has 1 saturated heterocycles. The van der Waals surface area contributed by atoms with Crippen molar-refractivity contribution < 1.29 is 9.18 Å². The molecule has 1 aliphatic rings. The van der Waals surface area contributed by atoms with Crippen LogP contribution >= 0.6 is 11.8 Å². The molecule has 0 radical (unpaired) electrons. The van der Waals surface area contributed by atoms with Crippen LogP contribution in [0.4, 0.5) is 4.39 Å². The van der Waals surface area contributed by atoms with E-state index in [0.29, 0.717) is 11.3 Å². The van der Waals surface area contributed by atoms with Crippen molar-refractivity contribution in [1.82, 2.24) is 5.32 Å². The Morgan fingerprint density at radius 2 is 2.23 bits per heavy atom. The maximum atomic E-state index is 13.2. The lowest BCUT2D eigenvalue weighted by Crippen LogP contribution is -2.19. The molecule has 13 heavy (non-hydrogen) atoms. The zero-order valence-electron chi connectivity index (χ0n) is 6.79. The Morgan fingerprint density at radius 3 is 2.85 bits per heavy atom. The number of thioether (sulfide) groups is 1. The van der Waals surface area contributed by atoms with Gasteiger partial charge in [-0.15, -0.1) is 11.8 Å². The summed E-state index contributed by atoms with van der Waals surface area (Å²) in [4.78, 5) is 10.9. The zero-order valence-corrected chi connectivity index (χ0v) is 7.60. The van der Waals surface area contributed by atoms with E-state index in [-0.39, 0.29) is 17.1 Å². The van der Waals surface area contributed by atoms with Gasteiger partial charge < -0.3 is 5.32 Å². The number of hydrogen-bond donors (Lipinski definition) is 1. The molecule has 0 aromatic heterocycles. The van der Waals surface area contributed by atoms with Crippen LogP contribution < -0.4 is 5.32 Å². The van der Waals surface area contributed by atoms with Gasteiger partial charge in [0.25, 0.3) is 0 Å². The zero-order chi connectivity index (χ0) is 9.26. The van der Waals surface area contributed by atoms with Gasteiger partial charge in [0.2, 0.25) is 5.91 Å². The molecular formula is C9H8FNOS. The van der Waals surface area contributed by atoms with Crippen LogP contribution in [0, 0.1) is 5.82 Å². The summed E-state index contributed by atoms with van der Waals surface area (Å²) in [7, 11) is 0. The summed E-state index contributed by atoms with van der Waals surface area (Å²) in [6, 6.07) is 6.50. The minimum Gasteiger partial charge on any atom is -0.339 e. The van der Waals surface area contributed by atoms with Crippen LogP contribution in [0.25, 0.3) is 0 Å². The van der Waals surface area contributed by atoms with Crippen molar-refractivity contribution in [2.24, 2.45) is 0 Å². The summed E-state index contributed by atoms with van der Waals surface area (Å²) in [5, 5.41) is 2.48. The third kappa shape index (κ3) is 1.67. The lowest BCUT2D eigenvalue weighted by atomic mass is 10.2. The topological polar surface area (TPSA) is 29.1 Å². The second-order valence-electron chi connectivity index (χ2n) is 2.78. The molecule has 68 valence electrons. The summed E-state index contributed by atoms with van der Waals surface area (Å²) in [6.45, 7) is 0. The van der Waals surface area contributed by atoms with E-state index in [1.54, 1.807) is 18.2 Å². The van der Waals surface area contributed by atoms with E-state index in [2.05, 4.69) is 5.32 Å². The highest BCUT2D eigenvalue weighted by Crippen LogP contribution is 2.31. The van der Waals surface area contributed by atoms with E-state index in [1.165, 1.54) is 17.8 Å². The quantitative estimate of drug-likeness (QED) is 0.742. The number of nitrogens with one attached hydrogen (secondary N) is 1.